The standard InChI is InChI=1S/C12H19N3OS/c1-8(2)13-7-9-6-11(16)15-12(14-9)10-4-3-5-17-10/h6,8,10,13H,3-5,7H2,1-2H3,(H,14,15,16). The van der Waals surface area contributed by atoms with E-state index in [1.807, 2.05) is 11.8 Å². The van der Waals surface area contributed by atoms with Gasteiger partial charge in [0.1, 0.15) is 5.82 Å². The Hall–Kier alpha value is -0.810. The lowest BCUT2D eigenvalue weighted by atomic mass is 10.2. The smallest absolute Gasteiger partial charge is 0.251 e. The Kier molecular flexibility index (Phi) is 4.23. The Morgan fingerprint density at radius 2 is 2.47 bits per heavy atom. The van der Waals surface area contributed by atoms with Crippen LogP contribution in [-0.4, -0.2) is 21.8 Å². The third-order valence-electron chi connectivity index (χ3n) is 2.74. The van der Waals surface area contributed by atoms with Gasteiger partial charge in [0.05, 0.1) is 10.9 Å². The summed E-state index contributed by atoms with van der Waals surface area (Å²) in [7, 11) is 0. The number of nitrogens with one attached hydrogen (secondary N) is 2. The summed E-state index contributed by atoms with van der Waals surface area (Å²) in [6, 6.07) is 1.98. The van der Waals surface area contributed by atoms with Gasteiger partial charge in [-0.15, -0.1) is 0 Å². The summed E-state index contributed by atoms with van der Waals surface area (Å²) in [5, 5.41) is 3.66. The molecule has 1 aliphatic heterocycles. The number of aromatic nitrogens is 2. The van der Waals surface area contributed by atoms with E-state index in [-0.39, 0.29) is 5.56 Å². The monoisotopic (exact) mass is 253 g/mol. The topological polar surface area (TPSA) is 57.8 Å². The quantitative estimate of drug-likeness (QED) is 0.859. The van der Waals surface area contributed by atoms with Crippen LogP contribution in [0.25, 0.3) is 0 Å². The Morgan fingerprint density at radius 3 is 3.12 bits per heavy atom. The van der Waals surface area contributed by atoms with Gasteiger partial charge in [-0.2, -0.15) is 11.8 Å². The van der Waals surface area contributed by atoms with Crippen molar-refractivity contribution in [3.63, 3.8) is 0 Å². The minimum Gasteiger partial charge on any atom is -0.310 e. The molecule has 5 heteroatoms. The molecule has 1 aromatic rings. The number of hydrogen-bond acceptors (Lipinski definition) is 4. The molecule has 1 saturated heterocycles. The van der Waals surface area contributed by atoms with E-state index in [0.29, 0.717) is 17.8 Å². The number of thioether (sulfide) groups is 1. The van der Waals surface area contributed by atoms with E-state index in [2.05, 4.69) is 29.1 Å². The second-order valence-corrected chi connectivity index (χ2v) is 5.97. The fourth-order valence-electron chi connectivity index (χ4n) is 1.87. The van der Waals surface area contributed by atoms with Crippen LogP contribution in [0, 0.1) is 0 Å². The Bertz CT molecular complexity index is 424. The summed E-state index contributed by atoms with van der Waals surface area (Å²) in [6.07, 6.45) is 2.34. The van der Waals surface area contributed by atoms with Crippen LogP contribution in [0.2, 0.25) is 0 Å². The average Bonchev–Trinajstić information content (AvgIpc) is 2.79. The number of H-pyrrole nitrogens is 1. The first-order chi connectivity index (χ1) is 8.15. The Labute approximate surface area is 106 Å². The van der Waals surface area contributed by atoms with E-state index in [9.17, 15) is 4.79 Å². The number of nitrogens with zero attached hydrogens (tertiary/aromatic N) is 1. The van der Waals surface area contributed by atoms with Gasteiger partial charge in [0, 0.05) is 18.7 Å². The van der Waals surface area contributed by atoms with Crippen LogP contribution in [0.5, 0.6) is 0 Å². The average molecular weight is 253 g/mol. The molecular weight excluding hydrogens is 234 g/mol. The zero-order valence-electron chi connectivity index (χ0n) is 10.3. The molecule has 1 unspecified atom stereocenters. The van der Waals surface area contributed by atoms with Crippen molar-refractivity contribution in [2.75, 3.05) is 5.75 Å². The van der Waals surface area contributed by atoms with Crippen molar-refractivity contribution in [3.8, 4) is 0 Å². The molecule has 2 N–H and O–H groups in total. The van der Waals surface area contributed by atoms with Crippen LogP contribution < -0.4 is 10.9 Å². The predicted octanol–water partition coefficient (Wildman–Crippen LogP) is 1.84. The molecule has 4 nitrogen and oxygen atoms in total. The summed E-state index contributed by atoms with van der Waals surface area (Å²) in [6.45, 7) is 4.83. The molecule has 0 bridgehead atoms. The van der Waals surface area contributed by atoms with Crippen molar-refractivity contribution < 1.29 is 0 Å². The van der Waals surface area contributed by atoms with Crippen LogP contribution in [0.4, 0.5) is 0 Å². The summed E-state index contributed by atoms with van der Waals surface area (Å²) in [4.78, 5) is 19.0. The first-order valence-electron chi connectivity index (χ1n) is 6.10. The summed E-state index contributed by atoms with van der Waals surface area (Å²) in [5.74, 6) is 2.02. The van der Waals surface area contributed by atoms with Gasteiger partial charge >= 0.3 is 0 Å². The Balaban J connectivity index is 2.14. The van der Waals surface area contributed by atoms with E-state index in [0.717, 1.165) is 17.9 Å². The van der Waals surface area contributed by atoms with Crippen molar-refractivity contribution in [1.29, 1.82) is 0 Å². The van der Waals surface area contributed by atoms with E-state index in [1.165, 1.54) is 12.2 Å². The lowest BCUT2D eigenvalue weighted by Crippen LogP contribution is -2.24. The van der Waals surface area contributed by atoms with E-state index < -0.39 is 0 Å². The first-order valence-corrected chi connectivity index (χ1v) is 7.15. The van der Waals surface area contributed by atoms with Crippen molar-refractivity contribution in [1.82, 2.24) is 15.3 Å². The summed E-state index contributed by atoms with van der Waals surface area (Å²) in [5.41, 5.74) is 0.799. The number of hydrogen-bond donors (Lipinski definition) is 2. The van der Waals surface area contributed by atoms with Crippen molar-refractivity contribution in [2.45, 2.75) is 44.5 Å². The molecule has 0 radical (unpaired) electrons. The molecule has 0 spiro atoms. The van der Waals surface area contributed by atoms with Crippen LogP contribution >= 0.6 is 11.8 Å². The summed E-state index contributed by atoms with van der Waals surface area (Å²) >= 11 is 1.88. The maximum absolute atomic E-state index is 11.6. The highest BCUT2D eigenvalue weighted by Gasteiger charge is 2.20. The van der Waals surface area contributed by atoms with Crippen LogP contribution in [0.15, 0.2) is 10.9 Å². The summed E-state index contributed by atoms with van der Waals surface area (Å²) < 4.78 is 0. The SMILES string of the molecule is CC(C)NCc1cc(=O)[nH]c(C2CCCS2)n1. The zero-order chi connectivity index (χ0) is 12.3. The van der Waals surface area contributed by atoms with Gasteiger partial charge in [-0.25, -0.2) is 4.98 Å². The number of aromatic amines is 1. The predicted molar refractivity (Wildman–Crippen MR) is 71.3 cm³/mol. The molecule has 0 amide bonds. The molecule has 0 saturated carbocycles. The lowest BCUT2D eigenvalue weighted by molar-refractivity contribution is 0.577. The van der Waals surface area contributed by atoms with Gasteiger partial charge in [-0.3, -0.25) is 4.79 Å². The van der Waals surface area contributed by atoms with Crippen LogP contribution in [0.3, 0.4) is 0 Å². The van der Waals surface area contributed by atoms with E-state index in [1.54, 1.807) is 6.07 Å². The third kappa shape index (κ3) is 3.57. The normalized spacial score (nSPS) is 20.1. The van der Waals surface area contributed by atoms with E-state index in [4.69, 9.17) is 0 Å². The molecule has 1 aromatic heterocycles. The second-order valence-electron chi connectivity index (χ2n) is 4.66. The fraction of sp³-hybridized carbons (Fsp3) is 0.667. The minimum absolute atomic E-state index is 0.0388. The first kappa shape index (κ1) is 12.6. The van der Waals surface area contributed by atoms with Crippen molar-refractivity contribution >= 4 is 11.8 Å². The molecular formula is C12H19N3OS. The van der Waals surface area contributed by atoms with Gasteiger partial charge in [0.25, 0.3) is 5.56 Å². The fourth-order valence-corrected chi connectivity index (χ4v) is 3.09. The second kappa shape index (κ2) is 5.69. The highest BCUT2D eigenvalue weighted by Crippen LogP contribution is 2.37. The molecule has 2 heterocycles. The number of rotatable bonds is 4. The molecule has 17 heavy (non-hydrogen) atoms. The molecule has 1 aliphatic rings. The van der Waals surface area contributed by atoms with Gasteiger partial charge < -0.3 is 10.3 Å². The van der Waals surface area contributed by atoms with Crippen molar-refractivity contribution in [2.24, 2.45) is 0 Å². The molecule has 0 aromatic carbocycles. The maximum atomic E-state index is 11.6. The van der Waals surface area contributed by atoms with Gasteiger partial charge in [0.15, 0.2) is 0 Å². The van der Waals surface area contributed by atoms with Crippen LogP contribution in [0.1, 0.15) is 43.5 Å². The molecule has 1 fully saturated rings. The lowest BCUT2D eigenvalue weighted by Gasteiger charge is -2.11. The zero-order valence-corrected chi connectivity index (χ0v) is 11.1. The highest BCUT2D eigenvalue weighted by molar-refractivity contribution is 7.99. The van der Waals surface area contributed by atoms with Gasteiger partial charge in [-0.1, -0.05) is 13.8 Å². The van der Waals surface area contributed by atoms with Crippen molar-refractivity contribution in [3.05, 3.63) is 27.9 Å². The molecule has 94 valence electrons. The van der Waals surface area contributed by atoms with Gasteiger partial charge in [-0.05, 0) is 18.6 Å². The molecule has 1 atom stereocenters. The van der Waals surface area contributed by atoms with Gasteiger partial charge in [0.2, 0.25) is 0 Å². The molecule has 2 rings (SSSR count). The highest BCUT2D eigenvalue weighted by atomic mass is 32.2. The van der Waals surface area contributed by atoms with E-state index >= 15 is 0 Å². The third-order valence-corrected chi connectivity index (χ3v) is 4.12. The maximum Gasteiger partial charge on any atom is 0.251 e. The molecule has 0 aliphatic carbocycles. The Morgan fingerprint density at radius 1 is 1.65 bits per heavy atom. The van der Waals surface area contributed by atoms with Crippen LogP contribution in [-0.2, 0) is 6.54 Å². The minimum atomic E-state index is -0.0388. The largest absolute Gasteiger partial charge is 0.310 e.